The quantitative estimate of drug-likeness (QED) is 0.836. The van der Waals surface area contributed by atoms with E-state index in [1.165, 1.54) is 6.26 Å². The molecule has 0 amide bonds. The molecule has 2 heterocycles. The number of hydrogen-bond acceptors (Lipinski definition) is 6. The fraction of sp³-hybridized carbons (Fsp3) is 0.273. The lowest BCUT2D eigenvalue weighted by Crippen LogP contribution is -2.10. The first-order valence-electron chi connectivity index (χ1n) is 5.89. The van der Waals surface area contributed by atoms with Crippen LogP contribution in [0.25, 0.3) is 5.82 Å². The van der Waals surface area contributed by atoms with Gasteiger partial charge in [0.2, 0.25) is 0 Å². The fourth-order valence-electron chi connectivity index (χ4n) is 1.84. The molecule has 0 aromatic carbocycles. The first-order valence-corrected chi connectivity index (χ1v) is 7.83. The summed E-state index contributed by atoms with van der Waals surface area (Å²) < 4.78 is 50.5. The Morgan fingerprint density at radius 3 is 2.61 bits per heavy atom. The summed E-state index contributed by atoms with van der Waals surface area (Å²) in [6.07, 6.45) is -2.72. The number of rotatable bonds is 4. The number of anilines is 1. The number of aromatic nitrogens is 3. The minimum Gasteiger partial charge on any atom is -0.383 e. The molecule has 0 aliphatic carbocycles. The maximum absolute atomic E-state index is 12.6. The van der Waals surface area contributed by atoms with Gasteiger partial charge in [0, 0.05) is 12.5 Å². The van der Waals surface area contributed by atoms with Gasteiger partial charge in [-0.05, 0) is 6.07 Å². The largest absolute Gasteiger partial charge is 0.417 e. The summed E-state index contributed by atoms with van der Waals surface area (Å²) in [6.45, 7) is -0.398. The molecule has 0 fully saturated rings. The third kappa shape index (κ3) is 3.34. The molecule has 1 atom stereocenters. The Kier molecular flexibility index (Phi) is 4.71. The van der Waals surface area contributed by atoms with Crippen molar-refractivity contribution in [3.8, 4) is 5.82 Å². The monoisotopic (exact) mass is 367 g/mol. The average molecular weight is 368 g/mol. The zero-order valence-electron chi connectivity index (χ0n) is 11.5. The Labute approximate surface area is 135 Å². The highest BCUT2D eigenvalue weighted by Gasteiger charge is 2.32. The van der Waals surface area contributed by atoms with Crippen LogP contribution in [0.3, 0.4) is 0 Å². The predicted molar refractivity (Wildman–Crippen MR) is 77.6 cm³/mol. The van der Waals surface area contributed by atoms with Gasteiger partial charge in [-0.3, -0.25) is 4.21 Å². The summed E-state index contributed by atoms with van der Waals surface area (Å²) >= 11 is 5.82. The van der Waals surface area contributed by atoms with E-state index in [0.29, 0.717) is 12.3 Å². The van der Waals surface area contributed by atoms with E-state index in [9.17, 15) is 22.3 Å². The van der Waals surface area contributed by atoms with Crippen molar-refractivity contribution in [1.29, 1.82) is 0 Å². The third-order valence-electron chi connectivity index (χ3n) is 2.80. The van der Waals surface area contributed by atoms with Crippen LogP contribution in [0, 0.1) is 4.91 Å². The maximum Gasteiger partial charge on any atom is 0.417 e. The number of nitrogens with two attached hydrogens (primary N) is 1. The van der Waals surface area contributed by atoms with E-state index in [1.807, 2.05) is 0 Å². The zero-order valence-corrected chi connectivity index (χ0v) is 13.0. The van der Waals surface area contributed by atoms with Crippen LogP contribution < -0.4 is 5.73 Å². The van der Waals surface area contributed by atoms with Gasteiger partial charge in [0.05, 0.1) is 21.4 Å². The average Bonchev–Trinajstić information content (AvgIpc) is 2.75. The van der Waals surface area contributed by atoms with Crippen LogP contribution in [0.5, 0.6) is 0 Å². The Balaban J connectivity index is 2.61. The number of hydrogen-bond donors (Lipinski definition) is 1. The summed E-state index contributed by atoms with van der Waals surface area (Å²) in [6, 6.07) is 0.672. The van der Waals surface area contributed by atoms with Crippen LogP contribution in [-0.4, -0.2) is 25.2 Å². The molecule has 23 heavy (non-hydrogen) atoms. The number of nitrogen functional groups attached to an aromatic ring is 1. The molecule has 2 aromatic heterocycles. The van der Waals surface area contributed by atoms with Gasteiger partial charge in [-0.1, -0.05) is 16.8 Å². The van der Waals surface area contributed by atoms with E-state index >= 15 is 0 Å². The summed E-state index contributed by atoms with van der Waals surface area (Å²) in [5.74, 6) is -0.320. The molecule has 0 radical (unpaired) electrons. The van der Waals surface area contributed by atoms with Crippen LogP contribution in [0.15, 0.2) is 22.3 Å². The van der Waals surface area contributed by atoms with E-state index in [2.05, 4.69) is 15.3 Å². The number of nitrogens with zero attached hydrogens (tertiary/aromatic N) is 4. The molecule has 1 unspecified atom stereocenters. The van der Waals surface area contributed by atoms with Gasteiger partial charge in [0.1, 0.15) is 23.0 Å². The van der Waals surface area contributed by atoms with Crippen LogP contribution in [0.2, 0.25) is 5.02 Å². The van der Waals surface area contributed by atoms with E-state index in [4.69, 9.17) is 17.3 Å². The lowest BCUT2D eigenvalue weighted by Gasteiger charge is -2.10. The van der Waals surface area contributed by atoms with Crippen molar-refractivity contribution in [3.63, 3.8) is 0 Å². The van der Waals surface area contributed by atoms with Gasteiger partial charge in [-0.25, -0.2) is 4.98 Å². The molecule has 7 nitrogen and oxygen atoms in total. The van der Waals surface area contributed by atoms with Crippen molar-refractivity contribution in [2.45, 2.75) is 17.6 Å². The van der Waals surface area contributed by atoms with E-state index in [0.717, 1.165) is 4.68 Å². The Hall–Kier alpha value is -2.01. The number of alkyl halides is 3. The van der Waals surface area contributed by atoms with Crippen molar-refractivity contribution in [2.24, 2.45) is 5.18 Å². The van der Waals surface area contributed by atoms with Crippen LogP contribution in [0.1, 0.15) is 11.3 Å². The topological polar surface area (TPSA) is 103 Å². The molecule has 0 spiro atoms. The first-order chi connectivity index (χ1) is 10.7. The molecule has 124 valence electrons. The summed E-state index contributed by atoms with van der Waals surface area (Å²) in [5, 5.41) is 6.21. The zero-order chi connectivity index (χ0) is 17.4. The lowest BCUT2D eigenvalue weighted by molar-refractivity contribution is -0.137. The lowest BCUT2D eigenvalue weighted by atomic mass is 10.3. The molecule has 2 rings (SSSR count). The van der Waals surface area contributed by atoms with Crippen LogP contribution in [-0.2, 0) is 23.5 Å². The van der Waals surface area contributed by atoms with Crippen molar-refractivity contribution >= 4 is 28.2 Å². The van der Waals surface area contributed by atoms with Crippen molar-refractivity contribution < 1.29 is 17.4 Å². The predicted octanol–water partition coefficient (Wildman–Crippen LogP) is 2.53. The van der Waals surface area contributed by atoms with Crippen LogP contribution in [0.4, 0.5) is 19.0 Å². The highest BCUT2D eigenvalue weighted by molar-refractivity contribution is 7.84. The summed E-state index contributed by atoms with van der Waals surface area (Å²) in [7, 11) is -1.59. The van der Waals surface area contributed by atoms with Crippen LogP contribution >= 0.6 is 11.6 Å². The summed E-state index contributed by atoms with van der Waals surface area (Å²) in [5.41, 5.74) is 4.80. The molecule has 0 saturated heterocycles. The minimum atomic E-state index is -4.60. The van der Waals surface area contributed by atoms with Gasteiger partial charge in [-0.2, -0.15) is 27.9 Å². The van der Waals surface area contributed by atoms with Gasteiger partial charge in [-0.15, -0.1) is 0 Å². The smallest absolute Gasteiger partial charge is 0.383 e. The van der Waals surface area contributed by atoms with E-state index in [1.54, 1.807) is 0 Å². The highest BCUT2D eigenvalue weighted by atomic mass is 35.5. The van der Waals surface area contributed by atoms with Gasteiger partial charge in [0.15, 0.2) is 5.82 Å². The minimum absolute atomic E-state index is 0.0381. The normalized spacial score (nSPS) is 13.1. The van der Waals surface area contributed by atoms with Gasteiger partial charge in [0.25, 0.3) is 0 Å². The van der Waals surface area contributed by atoms with Crippen molar-refractivity contribution in [3.05, 3.63) is 33.5 Å². The Morgan fingerprint density at radius 2 is 2.13 bits per heavy atom. The first kappa shape index (κ1) is 17.3. The van der Waals surface area contributed by atoms with E-state index in [-0.39, 0.29) is 27.2 Å². The molecular formula is C11H9ClF3N5O2S. The van der Waals surface area contributed by atoms with E-state index < -0.39 is 29.1 Å². The second-order valence-corrected chi connectivity index (χ2v) is 6.07. The Morgan fingerprint density at radius 1 is 1.48 bits per heavy atom. The fourth-order valence-corrected chi connectivity index (χ4v) is 2.91. The Bertz CT molecular complexity index is 793. The number of halogens is 4. The molecule has 2 N–H and O–H groups in total. The third-order valence-corrected chi connectivity index (χ3v) is 4.09. The summed E-state index contributed by atoms with van der Waals surface area (Å²) in [4.78, 5) is 14.1. The molecule has 12 heteroatoms. The second kappa shape index (κ2) is 6.24. The van der Waals surface area contributed by atoms with Crippen molar-refractivity contribution in [2.75, 3.05) is 12.0 Å². The van der Waals surface area contributed by atoms with Crippen molar-refractivity contribution in [1.82, 2.24) is 14.8 Å². The molecule has 2 aromatic rings. The molecule has 0 saturated carbocycles. The standard InChI is InChI=1S/C11H9ClF3N5O2S/c1-23(22)8-7(4-18-21)19-20(9(8)16)10-6(12)2-5(3-17-10)11(13,14)15/h2-3H,4,16H2,1H3. The number of nitroso groups, excluding NO2 is 1. The molecule has 0 aliphatic heterocycles. The SMILES string of the molecule is CS(=O)c1c(CN=O)nn(-c2ncc(C(F)(F)F)cc2Cl)c1N. The highest BCUT2D eigenvalue weighted by Crippen LogP contribution is 2.33. The van der Waals surface area contributed by atoms with Gasteiger partial charge < -0.3 is 5.73 Å². The van der Waals surface area contributed by atoms with Gasteiger partial charge >= 0.3 is 6.18 Å². The molecular weight excluding hydrogens is 359 g/mol. The molecule has 0 aliphatic rings. The second-order valence-electron chi connectivity index (χ2n) is 4.34. The maximum atomic E-state index is 12.6. The number of pyridine rings is 1. The molecule has 0 bridgehead atoms.